The summed E-state index contributed by atoms with van der Waals surface area (Å²) in [6.07, 6.45) is 7.44. The Morgan fingerprint density at radius 2 is 1.63 bits per heavy atom. The van der Waals surface area contributed by atoms with Gasteiger partial charge >= 0.3 is 0 Å². The summed E-state index contributed by atoms with van der Waals surface area (Å²) >= 11 is 0. The Labute approximate surface area is 117 Å². The van der Waals surface area contributed by atoms with Gasteiger partial charge in [0.05, 0.1) is 0 Å². The van der Waals surface area contributed by atoms with Crippen molar-refractivity contribution in [2.45, 2.75) is 46.0 Å². The molecule has 1 aliphatic rings. The molecular weight excluding hydrogens is 236 g/mol. The first-order chi connectivity index (χ1) is 9.22. The molecule has 0 saturated heterocycles. The Kier molecular flexibility index (Phi) is 10.6. The third-order valence-electron chi connectivity index (χ3n) is 3.10. The Balaban J connectivity index is 0.000000316. The van der Waals surface area contributed by atoms with Gasteiger partial charge in [-0.2, -0.15) is 0 Å². The van der Waals surface area contributed by atoms with E-state index < -0.39 is 0 Å². The molecule has 1 saturated carbocycles. The van der Waals surface area contributed by atoms with Gasteiger partial charge in [-0.05, 0) is 25.0 Å². The van der Waals surface area contributed by atoms with Gasteiger partial charge in [-0.3, -0.25) is 4.79 Å². The lowest BCUT2D eigenvalue weighted by Crippen LogP contribution is -1.99. The van der Waals surface area contributed by atoms with E-state index in [1.165, 1.54) is 32.1 Å². The predicted molar refractivity (Wildman–Crippen MR) is 81.4 cm³/mol. The summed E-state index contributed by atoms with van der Waals surface area (Å²) in [6.45, 7) is 10.8. The highest BCUT2D eigenvalue weighted by Gasteiger charge is 2.05. The topological polar surface area (TPSA) is 26.3 Å². The fraction of sp³-hybridized carbons (Fsp3) is 0.471. The fourth-order valence-electron chi connectivity index (χ4n) is 1.98. The quantitative estimate of drug-likeness (QED) is 0.558. The zero-order valence-electron chi connectivity index (χ0n) is 12.2. The van der Waals surface area contributed by atoms with Gasteiger partial charge in [0, 0.05) is 0 Å². The monoisotopic (exact) mass is 262 g/mol. The van der Waals surface area contributed by atoms with Gasteiger partial charge < -0.3 is 4.74 Å². The summed E-state index contributed by atoms with van der Waals surface area (Å²) in [5.74, 6) is 1.62. The van der Waals surface area contributed by atoms with Crippen LogP contribution in [0.1, 0.15) is 44.6 Å². The molecular formula is C17H26O2. The minimum Gasteiger partial charge on any atom is -0.429 e. The lowest BCUT2D eigenvalue weighted by Gasteiger charge is -2.15. The molecule has 0 atom stereocenters. The second kappa shape index (κ2) is 11.5. The highest BCUT2D eigenvalue weighted by Crippen LogP contribution is 2.22. The third kappa shape index (κ3) is 9.06. The summed E-state index contributed by atoms with van der Waals surface area (Å²) in [7, 11) is 0. The van der Waals surface area contributed by atoms with Crippen LogP contribution in [0.2, 0.25) is 0 Å². The number of aryl methyl sites for hydroxylation is 1. The number of carbonyl (C=O) groups is 1. The highest BCUT2D eigenvalue weighted by molar-refractivity contribution is 5.45. The number of ether oxygens (including phenoxy) is 1. The van der Waals surface area contributed by atoms with Crippen LogP contribution in [0.3, 0.4) is 0 Å². The first-order valence-corrected chi connectivity index (χ1v) is 6.89. The molecule has 1 aliphatic carbocycles. The average Bonchev–Trinajstić information content (AvgIpc) is 2.45. The van der Waals surface area contributed by atoms with Gasteiger partial charge in [0.1, 0.15) is 5.75 Å². The van der Waals surface area contributed by atoms with Crippen molar-refractivity contribution < 1.29 is 9.53 Å². The summed E-state index contributed by atoms with van der Waals surface area (Å²) < 4.78 is 4.58. The van der Waals surface area contributed by atoms with E-state index in [0.29, 0.717) is 12.2 Å². The number of rotatable bonds is 2. The number of carbonyl (C=O) groups excluding carboxylic acids is 1. The summed E-state index contributed by atoms with van der Waals surface area (Å²) in [5, 5.41) is 0. The molecule has 1 aromatic carbocycles. The van der Waals surface area contributed by atoms with Crippen LogP contribution in [0.25, 0.3) is 0 Å². The van der Waals surface area contributed by atoms with E-state index in [1.54, 1.807) is 12.1 Å². The van der Waals surface area contributed by atoms with E-state index >= 15 is 0 Å². The van der Waals surface area contributed by atoms with E-state index in [-0.39, 0.29) is 0 Å². The van der Waals surface area contributed by atoms with Crippen LogP contribution in [0.4, 0.5) is 0 Å². The Hall–Kier alpha value is -1.57. The average molecular weight is 262 g/mol. The van der Waals surface area contributed by atoms with Gasteiger partial charge in [0.2, 0.25) is 0 Å². The van der Waals surface area contributed by atoms with E-state index in [4.69, 9.17) is 0 Å². The lowest BCUT2D eigenvalue weighted by atomic mass is 9.91. The molecule has 0 spiro atoms. The molecule has 2 nitrogen and oxygen atoms in total. The first-order valence-electron chi connectivity index (χ1n) is 6.89. The fourth-order valence-corrected chi connectivity index (χ4v) is 1.98. The molecule has 0 unspecified atom stereocenters. The van der Waals surface area contributed by atoms with Crippen LogP contribution >= 0.6 is 0 Å². The van der Waals surface area contributed by atoms with Gasteiger partial charge in [0.15, 0.2) is 0 Å². The molecule has 1 fully saturated rings. The van der Waals surface area contributed by atoms with Crippen LogP contribution in [0.15, 0.2) is 37.4 Å². The molecule has 0 N–H and O–H groups in total. The van der Waals surface area contributed by atoms with E-state index in [9.17, 15) is 4.79 Å². The predicted octanol–water partition coefficient (Wildman–Crippen LogP) is 4.92. The van der Waals surface area contributed by atoms with Crippen molar-refractivity contribution in [1.82, 2.24) is 0 Å². The normalized spacial score (nSPS) is 14.2. The number of benzene rings is 1. The molecule has 106 valence electrons. The SMILES string of the molecule is C=C.CC1CCCCC1.Cc1ccc(OC=O)cc1. The van der Waals surface area contributed by atoms with Gasteiger partial charge in [-0.25, -0.2) is 0 Å². The molecule has 0 bridgehead atoms. The third-order valence-corrected chi connectivity index (χ3v) is 3.10. The zero-order valence-corrected chi connectivity index (χ0v) is 12.2. The first kappa shape index (κ1) is 17.4. The molecule has 2 rings (SSSR count). The van der Waals surface area contributed by atoms with Crippen LogP contribution in [-0.4, -0.2) is 6.47 Å². The maximum absolute atomic E-state index is 9.84. The second-order valence-corrected chi connectivity index (χ2v) is 4.77. The number of hydrogen-bond donors (Lipinski definition) is 0. The van der Waals surface area contributed by atoms with Crippen molar-refractivity contribution in [2.24, 2.45) is 5.92 Å². The molecule has 0 heterocycles. The molecule has 19 heavy (non-hydrogen) atoms. The second-order valence-electron chi connectivity index (χ2n) is 4.77. The standard InChI is InChI=1S/C8H8O2.C7H14.C2H4/c1-7-2-4-8(5-3-7)10-6-9;1-7-5-3-2-4-6-7;1-2/h2-6H,1H3;7H,2-6H2,1H3;1-2H2. The molecule has 0 radical (unpaired) electrons. The van der Waals surface area contributed by atoms with Crippen molar-refractivity contribution in [3.8, 4) is 5.75 Å². The Morgan fingerprint density at radius 3 is 2.00 bits per heavy atom. The van der Waals surface area contributed by atoms with E-state index in [0.717, 1.165) is 11.5 Å². The minimum atomic E-state index is 0.421. The maximum Gasteiger partial charge on any atom is 0.298 e. The molecule has 0 aromatic heterocycles. The smallest absolute Gasteiger partial charge is 0.298 e. The molecule has 0 aliphatic heterocycles. The zero-order chi connectivity index (χ0) is 14.5. The molecule has 1 aromatic rings. The van der Waals surface area contributed by atoms with Crippen molar-refractivity contribution in [1.29, 1.82) is 0 Å². The Morgan fingerprint density at radius 1 is 1.11 bits per heavy atom. The van der Waals surface area contributed by atoms with Crippen LogP contribution in [0.5, 0.6) is 5.75 Å². The summed E-state index contributed by atoms with van der Waals surface area (Å²) in [6, 6.07) is 7.28. The molecule has 0 amide bonds. The van der Waals surface area contributed by atoms with Crippen molar-refractivity contribution in [3.05, 3.63) is 43.0 Å². The summed E-state index contributed by atoms with van der Waals surface area (Å²) in [5.41, 5.74) is 1.15. The number of hydrogen-bond acceptors (Lipinski definition) is 2. The highest BCUT2D eigenvalue weighted by atomic mass is 16.5. The largest absolute Gasteiger partial charge is 0.429 e. The van der Waals surface area contributed by atoms with Crippen molar-refractivity contribution in [3.63, 3.8) is 0 Å². The maximum atomic E-state index is 9.84. The lowest BCUT2D eigenvalue weighted by molar-refractivity contribution is -0.120. The molecule has 2 heteroatoms. The Bertz CT molecular complexity index is 324. The minimum absolute atomic E-state index is 0.421. The van der Waals surface area contributed by atoms with E-state index in [2.05, 4.69) is 24.8 Å². The van der Waals surface area contributed by atoms with Crippen LogP contribution in [-0.2, 0) is 4.79 Å². The van der Waals surface area contributed by atoms with Crippen molar-refractivity contribution >= 4 is 6.47 Å². The summed E-state index contributed by atoms with van der Waals surface area (Å²) in [4.78, 5) is 9.84. The van der Waals surface area contributed by atoms with Crippen LogP contribution < -0.4 is 4.74 Å². The van der Waals surface area contributed by atoms with Gasteiger partial charge in [0.25, 0.3) is 6.47 Å². The van der Waals surface area contributed by atoms with Crippen molar-refractivity contribution in [2.75, 3.05) is 0 Å². The van der Waals surface area contributed by atoms with Gasteiger partial charge in [-0.15, -0.1) is 13.2 Å². The van der Waals surface area contributed by atoms with Gasteiger partial charge in [-0.1, -0.05) is 56.7 Å². The van der Waals surface area contributed by atoms with E-state index in [1.807, 2.05) is 19.1 Å². The van der Waals surface area contributed by atoms with Crippen LogP contribution in [0, 0.1) is 12.8 Å².